The normalized spacial score (nSPS) is 20.1. The van der Waals surface area contributed by atoms with E-state index >= 15 is 0 Å². The lowest BCUT2D eigenvalue weighted by Crippen LogP contribution is -2.26. The van der Waals surface area contributed by atoms with Gasteiger partial charge in [-0.2, -0.15) is 0 Å². The molecule has 1 unspecified atom stereocenters. The average molecular weight is 210 g/mol. The summed E-state index contributed by atoms with van der Waals surface area (Å²) in [4.78, 5) is 4.16. The van der Waals surface area contributed by atoms with E-state index in [1.807, 2.05) is 18.2 Å². The molecule has 1 N–H and O–H groups in total. The SMILES string of the molecule is CS(=O)C1(CNc2ccccn2)CC1. The number of pyridine rings is 1. The summed E-state index contributed by atoms with van der Waals surface area (Å²) in [5.41, 5.74) is 0. The molecule has 1 aromatic rings. The Morgan fingerprint density at radius 2 is 2.36 bits per heavy atom. The van der Waals surface area contributed by atoms with Gasteiger partial charge in [0.05, 0.1) is 4.75 Å². The minimum atomic E-state index is -0.729. The minimum Gasteiger partial charge on any atom is -0.369 e. The molecule has 2 rings (SSSR count). The zero-order chi connectivity index (χ0) is 10.0. The van der Waals surface area contributed by atoms with Crippen molar-refractivity contribution in [1.29, 1.82) is 0 Å². The van der Waals surface area contributed by atoms with Crippen molar-refractivity contribution in [3.05, 3.63) is 24.4 Å². The van der Waals surface area contributed by atoms with Crippen LogP contribution in [0.15, 0.2) is 24.4 Å². The molecule has 1 heterocycles. The lowest BCUT2D eigenvalue weighted by Gasteiger charge is -2.13. The summed E-state index contributed by atoms with van der Waals surface area (Å²) in [6.07, 6.45) is 5.67. The van der Waals surface area contributed by atoms with E-state index in [1.54, 1.807) is 12.5 Å². The van der Waals surface area contributed by atoms with Gasteiger partial charge in [0, 0.05) is 29.8 Å². The van der Waals surface area contributed by atoms with Crippen LogP contribution in [-0.4, -0.2) is 26.7 Å². The van der Waals surface area contributed by atoms with Crippen molar-refractivity contribution in [3.8, 4) is 0 Å². The van der Waals surface area contributed by atoms with Gasteiger partial charge in [-0.1, -0.05) is 6.07 Å². The molecule has 76 valence electrons. The lowest BCUT2D eigenvalue weighted by atomic mass is 10.4. The molecular weight excluding hydrogens is 196 g/mol. The highest BCUT2D eigenvalue weighted by Crippen LogP contribution is 2.40. The molecule has 0 aliphatic heterocycles. The summed E-state index contributed by atoms with van der Waals surface area (Å²) >= 11 is 0. The quantitative estimate of drug-likeness (QED) is 0.817. The maximum absolute atomic E-state index is 11.4. The van der Waals surface area contributed by atoms with Gasteiger partial charge in [-0.25, -0.2) is 4.98 Å². The molecule has 1 aliphatic rings. The number of nitrogens with one attached hydrogen (secondary N) is 1. The Morgan fingerprint density at radius 1 is 1.57 bits per heavy atom. The molecule has 1 saturated carbocycles. The fourth-order valence-electron chi connectivity index (χ4n) is 1.42. The minimum absolute atomic E-state index is 0.0253. The fourth-order valence-corrected chi connectivity index (χ4v) is 2.38. The van der Waals surface area contributed by atoms with Crippen LogP contribution in [0.25, 0.3) is 0 Å². The Kier molecular flexibility index (Phi) is 2.54. The molecule has 1 aliphatic carbocycles. The number of anilines is 1. The van der Waals surface area contributed by atoms with Gasteiger partial charge < -0.3 is 5.32 Å². The number of rotatable bonds is 4. The van der Waals surface area contributed by atoms with Crippen molar-refractivity contribution in [3.63, 3.8) is 0 Å². The first kappa shape index (κ1) is 9.65. The predicted molar refractivity (Wildman–Crippen MR) is 58.8 cm³/mol. The van der Waals surface area contributed by atoms with E-state index in [1.165, 1.54) is 0 Å². The largest absolute Gasteiger partial charge is 0.369 e. The molecule has 14 heavy (non-hydrogen) atoms. The third-order valence-electron chi connectivity index (χ3n) is 2.67. The van der Waals surface area contributed by atoms with Crippen molar-refractivity contribution in [1.82, 2.24) is 4.98 Å². The first-order valence-corrected chi connectivity index (χ1v) is 6.27. The summed E-state index contributed by atoms with van der Waals surface area (Å²) < 4.78 is 11.4. The van der Waals surface area contributed by atoms with Crippen LogP contribution in [-0.2, 0) is 10.8 Å². The summed E-state index contributed by atoms with van der Waals surface area (Å²) in [5, 5.41) is 3.22. The third kappa shape index (κ3) is 1.95. The standard InChI is InChI=1S/C10H14N2OS/c1-14(13)10(5-6-10)8-12-9-4-2-3-7-11-9/h2-4,7H,5-6,8H2,1H3,(H,11,12). The van der Waals surface area contributed by atoms with E-state index in [-0.39, 0.29) is 4.75 Å². The molecule has 4 heteroatoms. The Hall–Kier alpha value is -0.900. The van der Waals surface area contributed by atoms with E-state index in [4.69, 9.17) is 0 Å². The van der Waals surface area contributed by atoms with Gasteiger partial charge in [-0.05, 0) is 25.0 Å². The monoisotopic (exact) mass is 210 g/mol. The van der Waals surface area contributed by atoms with Crippen molar-refractivity contribution in [2.45, 2.75) is 17.6 Å². The van der Waals surface area contributed by atoms with Crippen LogP contribution in [0, 0.1) is 0 Å². The van der Waals surface area contributed by atoms with Gasteiger partial charge in [0.2, 0.25) is 0 Å². The van der Waals surface area contributed by atoms with Gasteiger partial charge in [0.25, 0.3) is 0 Å². The van der Waals surface area contributed by atoms with E-state index in [0.717, 1.165) is 25.2 Å². The van der Waals surface area contributed by atoms with Crippen LogP contribution in [0.3, 0.4) is 0 Å². The Bertz CT molecular complexity index is 335. The van der Waals surface area contributed by atoms with Gasteiger partial charge in [-0.15, -0.1) is 0 Å². The number of hydrogen-bond donors (Lipinski definition) is 1. The lowest BCUT2D eigenvalue weighted by molar-refractivity contribution is 0.674. The Balaban J connectivity index is 1.92. The molecule has 0 spiro atoms. The maximum Gasteiger partial charge on any atom is 0.125 e. The molecule has 0 radical (unpaired) electrons. The third-order valence-corrected chi connectivity index (χ3v) is 4.45. The molecule has 1 fully saturated rings. The van der Waals surface area contributed by atoms with Gasteiger partial charge in [0.15, 0.2) is 0 Å². The summed E-state index contributed by atoms with van der Waals surface area (Å²) in [6.45, 7) is 0.771. The van der Waals surface area contributed by atoms with Crippen molar-refractivity contribution < 1.29 is 4.21 Å². The first-order chi connectivity index (χ1) is 6.73. The van der Waals surface area contributed by atoms with Crippen LogP contribution >= 0.6 is 0 Å². The van der Waals surface area contributed by atoms with Crippen molar-refractivity contribution in [2.75, 3.05) is 18.1 Å². The van der Waals surface area contributed by atoms with Crippen LogP contribution in [0.1, 0.15) is 12.8 Å². The Labute approximate surface area is 86.4 Å². The summed E-state index contributed by atoms with van der Waals surface area (Å²) in [7, 11) is -0.729. The fraction of sp³-hybridized carbons (Fsp3) is 0.500. The number of hydrogen-bond acceptors (Lipinski definition) is 3. The highest BCUT2D eigenvalue weighted by atomic mass is 32.2. The van der Waals surface area contributed by atoms with Crippen LogP contribution in [0.2, 0.25) is 0 Å². The molecule has 0 saturated heterocycles. The molecule has 3 nitrogen and oxygen atoms in total. The van der Waals surface area contributed by atoms with E-state index in [0.29, 0.717) is 0 Å². The molecule has 0 aromatic carbocycles. The van der Waals surface area contributed by atoms with Crippen molar-refractivity contribution >= 4 is 16.6 Å². The second-order valence-corrected chi connectivity index (χ2v) is 5.48. The number of nitrogens with zero attached hydrogens (tertiary/aromatic N) is 1. The van der Waals surface area contributed by atoms with Crippen molar-refractivity contribution in [2.24, 2.45) is 0 Å². The predicted octanol–water partition coefficient (Wildman–Crippen LogP) is 1.40. The second-order valence-electron chi connectivity index (χ2n) is 3.71. The van der Waals surface area contributed by atoms with E-state index < -0.39 is 10.8 Å². The molecular formula is C10H14N2OS. The van der Waals surface area contributed by atoms with Gasteiger partial charge in [0.1, 0.15) is 5.82 Å². The highest BCUT2D eigenvalue weighted by Gasteiger charge is 2.46. The molecule has 1 aromatic heterocycles. The zero-order valence-electron chi connectivity index (χ0n) is 8.19. The molecule has 1 atom stereocenters. The smallest absolute Gasteiger partial charge is 0.125 e. The maximum atomic E-state index is 11.4. The molecule has 0 bridgehead atoms. The van der Waals surface area contributed by atoms with E-state index in [2.05, 4.69) is 10.3 Å². The first-order valence-electron chi connectivity index (χ1n) is 4.71. The zero-order valence-corrected chi connectivity index (χ0v) is 9.01. The van der Waals surface area contributed by atoms with E-state index in [9.17, 15) is 4.21 Å². The molecule has 0 amide bonds. The number of aromatic nitrogens is 1. The highest BCUT2D eigenvalue weighted by molar-refractivity contribution is 7.86. The topological polar surface area (TPSA) is 42.0 Å². The Morgan fingerprint density at radius 3 is 2.86 bits per heavy atom. The second kappa shape index (κ2) is 3.69. The van der Waals surface area contributed by atoms with Crippen LogP contribution in [0.5, 0.6) is 0 Å². The summed E-state index contributed by atoms with van der Waals surface area (Å²) in [5.74, 6) is 0.865. The summed E-state index contributed by atoms with van der Waals surface area (Å²) in [6, 6.07) is 5.75. The average Bonchev–Trinajstić information content (AvgIpc) is 2.97. The van der Waals surface area contributed by atoms with Gasteiger partial charge >= 0.3 is 0 Å². The van der Waals surface area contributed by atoms with Gasteiger partial charge in [-0.3, -0.25) is 4.21 Å². The van der Waals surface area contributed by atoms with Crippen LogP contribution < -0.4 is 5.32 Å². The van der Waals surface area contributed by atoms with Crippen LogP contribution in [0.4, 0.5) is 5.82 Å².